The van der Waals surface area contributed by atoms with Gasteiger partial charge in [0, 0.05) is 21.1 Å². The molecule has 0 unspecified atom stereocenters. The SMILES string of the molecule is CN(N=O)C(=O)c1c(N(C)N=O)ncn1C. The Morgan fingerprint density at radius 3 is 2.50 bits per heavy atom. The molecule has 1 heterocycles. The van der Waals surface area contributed by atoms with Crippen molar-refractivity contribution in [3.05, 3.63) is 21.8 Å². The first-order valence-corrected chi connectivity index (χ1v) is 4.22. The second kappa shape index (κ2) is 4.47. The van der Waals surface area contributed by atoms with Crippen molar-refractivity contribution in [2.75, 3.05) is 19.1 Å². The van der Waals surface area contributed by atoms with Crippen LogP contribution in [-0.2, 0) is 7.05 Å². The zero-order valence-corrected chi connectivity index (χ0v) is 8.99. The number of aromatic nitrogens is 2. The van der Waals surface area contributed by atoms with Gasteiger partial charge in [-0.05, 0) is 0 Å². The molecule has 1 aromatic rings. The van der Waals surface area contributed by atoms with E-state index in [2.05, 4.69) is 15.6 Å². The second-order valence-corrected chi connectivity index (χ2v) is 3.04. The molecule has 0 aliphatic carbocycles. The number of nitroso groups, excluding NO2 is 2. The number of amides is 1. The maximum Gasteiger partial charge on any atom is 0.296 e. The van der Waals surface area contributed by atoms with Gasteiger partial charge in [-0.1, -0.05) is 0 Å². The molecule has 0 radical (unpaired) electrons. The summed E-state index contributed by atoms with van der Waals surface area (Å²) in [6.45, 7) is 0. The zero-order chi connectivity index (χ0) is 12.3. The Balaban J connectivity index is 3.21. The predicted octanol–water partition coefficient (Wildman–Crippen LogP) is 0.291. The van der Waals surface area contributed by atoms with E-state index in [1.54, 1.807) is 7.05 Å². The first-order valence-electron chi connectivity index (χ1n) is 4.22. The molecule has 9 heteroatoms. The minimum Gasteiger partial charge on any atom is -0.328 e. The first kappa shape index (κ1) is 11.8. The van der Waals surface area contributed by atoms with Gasteiger partial charge in [0.1, 0.15) is 0 Å². The van der Waals surface area contributed by atoms with Crippen LogP contribution in [0.25, 0.3) is 0 Å². The monoisotopic (exact) mass is 226 g/mol. The van der Waals surface area contributed by atoms with Gasteiger partial charge in [-0.25, -0.2) is 9.99 Å². The van der Waals surface area contributed by atoms with Crippen molar-refractivity contribution in [2.45, 2.75) is 0 Å². The van der Waals surface area contributed by atoms with E-state index in [0.717, 1.165) is 5.01 Å². The average molecular weight is 226 g/mol. The fourth-order valence-electron chi connectivity index (χ4n) is 1.13. The Labute approximate surface area is 90.5 Å². The quantitative estimate of drug-likeness (QED) is 0.542. The van der Waals surface area contributed by atoms with Crippen molar-refractivity contribution >= 4 is 11.7 Å². The summed E-state index contributed by atoms with van der Waals surface area (Å²) in [5.41, 5.74) is 0.0594. The molecule has 0 N–H and O–H groups in total. The highest BCUT2D eigenvalue weighted by molar-refractivity contribution is 5.97. The molecule has 0 saturated heterocycles. The largest absolute Gasteiger partial charge is 0.328 e. The third-order valence-corrected chi connectivity index (χ3v) is 1.97. The molecule has 86 valence electrons. The fourth-order valence-corrected chi connectivity index (χ4v) is 1.13. The molecule has 0 saturated carbocycles. The number of rotatable bonds is 4. The lowest BCUT2D eigenvalue weighted by Crippen LogP contribution is -2.25. The number of imidazole rings is 1. The molecule has 0 aliphatic rings. The van der Waals surface area contributed by atoms with Crippen LogP contribution in [0.1, 0.15) is 10.5 Å². The van der Waals surface area contributed by atoms with Crippen molar-refractivity contribution < 1.29 is 4.79 Å². The normalized spacial score (nSPS) is 9.69. The van der Waals surface area contributed by atoms with E-state index >= 15 is 0 Å². The van der Waals surface area contributed by atoms with Gasteiger partial charge in [0.2, 0.25) is 0 Å². The molecule has 0 fully saturated rings. The van der Waals surface area contributed by atoms with Gasteiger partial charge in [0.15, 0.2) is 11.5 Å². The lowest BCUT2D eigenvalue weighted by molar-refractivity contribution is 0.0788. The van der Waals surface area contributed by atoms with Crippen LogP contribution < -0.4 is 5.01 Å². The van der Waals surface area contributed by atoms with E-state index in [-0.39, 0.29) is 11.5 Å². The number of nitrogens with zero attached hydrogens (tertiary/aromatic N) is 6. The van der Waals surface area contributed by atoms with E-state index in [9.17, 15) is 14.6 Å². The van der Waals surface area contributed by atoms with Crippen LogP contribution in [0.3, 0.4) is 0 Å². The number of hydrogen-bond acceptors (Lipinski definition) is 6. The summed E-state index contributed by atoms with van der Waals surface area (Å²) in [5.74, 6) is -0.599. The standard InChI is InChI=1S/C7H10N6O3/c1-11-4-8-6(12(2)9-15)5(11)7(14)13(3)10-16/h4H,1-3H3. The van der Waals surface area contributed by atoms with E-state index in [0.29, 0.717) is 5.01 Å². The molecule has 0 spiro atoms. The zero-order valence-electron chi connectivity index (χ0n) is 8.99. The maximum absolute atomic E-state index is 11.7. The number of hydrogen-bond donors (Lipinski definition) is 0. The van der Waals surface area contributed by atoms with Crippen LogP contribution in [0, 0.1) is 9.81 Å². The molecule has 1 rings (SSSR count). The molecule has 9 nitrogen and oxygen atoms in total. The molecular formula is C7H10N6O3. The van der Waals surface area contributed by atoms with Gasteiger partial charge in [0.25, 0.3) is 5.91 Å². The van der Waals surface area contributed by atoms with Crippen molar-refractivity contribution in [1.29, 1.82) is 0 Å². The number of aryl methyl sites for hydroxylation is 1. The van der Waals surface area contributed by atoms with Gasteiger partial charge >= 0.3 is 0 Å². The average Bonchev–Trinajstić information content (AvgIpc) is 2.68. The van der Waals surface area contributed by atoms with E-state index in [4.69, 9.17) is 0 Å². The maximum atomic E-state index is 11.7. The second-order valence-electron chi connectivity index (χ2n) is 3.04. The highest BCUT2D eigenvalue weighted by Gasteiger charge is 2.24. The molecule has 16 heavy (non-hydrogen) atoms. The van der Waals surface area contributed by atoms with Crippen LogP contribution in [-0.4, -0.2) is 34.6 Å². The summed E-state index contributed by atoms with van der Waals surface area (Å²) in [5, 5.41) is 6.61. The van der Waals surface area contributed by atoms with Crippen molar-refractivity contribution in [2.24, 2.45) is 17.6 Å². The van der Waals surface area contributed by atoms with Crippen LogP contribution >= 0.6 is 0 Å². The van der Waals surface area contributed by atoms with E-state index in [1.807, 2.05) is 0 Å². The first-order chi connectivity index (χ1) is 7.52. The Kier molecular flexibility index (Phi) is 3.28. The minimum absolute atomic E-state index is 0.0594. The number of anilines is 1. The number of carbonyl (C=O) groups is 1. The lowest BCUT2D eigenvalue weighted by atomic mass is 10.4. The van der Waals surface area contributed by atoms with E-state index < -0.39 is 5.91 Å². The molecule has 0 aromatic carbocycles. The van der Waals surface area contributed by atoms with Gasteiger partial charge in [-0.2, -0.15) is 5.01 Å². The molecule has 1 aromatic heterocycles. The fraction of sp³-hybridized carbons (Fsp3) is 0.429. The summed E-state index contributed by atoms with van der Waals surface area (Å²) in [7, 11) is 4.11. The van der Waals surface area contributed by atoms with Crippen LogP contribution in [0.4, 0.5) is 5.82 Å². The Morgan fingerprint density at radius 2 is 2.00 bits per heavy atom. The highest BCUT2D eigenvalue weighted by Crippen LogP contribution is 2.18. The number of carbonyl (C=O) groups excluding carboxylic acids is 1. The summed E-state index contributed by atoms with van der Waals surface area (Å²) in [4.78, 5) is 36.1. The minimum atomic E-state index is -0.666. The molecule has 0 atom stereocenters. The van der Waals surface area contributed by atoms with Crippen LogP contribution in [0.15, 0.2) is 16.9 Å². The summed E-state index contributed by atoms with van der Waals surface area (Å²) < 4.78 is 1.38. The predicted molar refractivity (Wildman–Crippen MR) is 55.3 cm³/mol. The molecule has 0 bridgehead atoms. The van der Waals surface area contributed by atoms with Crippen molar-refractivity contribution in [3.8, 4) is 0 Å². The Hall–Kier alpha value is -2.32. The lowest BCUT2D eigenvalue weighted by Gasteiger charge is -2.11. The molecule has 1 amide bonds. The molecule has 0 aliphatic heterocycles. The summed E-state index contributed by atoms with van der Waals surface area (Å²) in [6.07, 6.45) is 1.34. The van der Waals surface area contributed by atoms with Gasteiger partial charge in [0.05, 0.1) is 16.9 Å². The van der Waals surface area contributed by atoms with Crippen LogP contribution in [0.5, 0.6) is 0 Å². The van der Waals surface area contributed by atoms with Crippen LogP contribution in [0.2, 0.25) is 0 Å². The highest BCUT2D eigenvalue weighted by atomic mass is 16.3. The topological polar surface area (TPSA) is 100 Å². The Bertz CT molecular complexity index is 428. The summed E-state index contributed by atoms with van der Waals surface area (Å²) in [6, 6.07) is 0. The van der Waals surface area contributed by atoms with Crippen molar-refractivity contribution in [1.82, 2.24) is 14.6 Å². The smallest absolute Gasteiger partial charge is 0.296 e. The van der Waals surface area contributed by atoms with E-state index in [1.165, 1.54) is 25.0 Å². The Morgan fingerprint density at radius 1 is 1.38 bits per heavy atom. The molecular weight excluding hydrogens is 216 g/mol. The third-order valence-electron chi connectivity index (χ3n) is 1.97. The van der Waals surface area contributed by atoms with Gasteiger partial charge in [-0.15, -0.1) is 9.81 Å². The van der Waals surface area contributed by atoms with Gasteiger partial charge < -0.3 is 4.57 Å². The summed E-state index contributed by atoms with van der Waals surface area (Å²) >= 11 is 0. The van der Waals surface area contributed by atoms with Gasteiger partial charge in [-0.3, -0.25) is 4.79 Å². The van der Waals surface area contributed by atoms with Crippen molar-refractivity contribution in [3.63, 3.8) is 0 Å². The third kappa shape index (κ3) is 1.87.